The fraction of sp³-hybridized carbons (Fsp3) is 0.630. The molecule has 208 valence electrons. The van der Waals surface area contributed by atoms with Gasteiger partial charge in [-0.3, -0.25) is 4.79 Å². The molecular weight excluding hydrogens is 496 g/mol. The van der Waals surface area contributed by atoms with Crippen LogP contribution in [0.3, 0.4) is 0 Å². The first-order valence-corrected chi connectivity index (χ1v) is 13.1. The Bertz CT molecular complexity index is 1300. The molecule has 11 heteroatoms. The molecule has 0 aromatic carbocycles. The molecule has 1 N–H and O–H groups in total. The zero-order chi connectivity index (χ0) is 27.8. The minimum absolute atomic E-state index is 0.0150. The number of nitrogens with one attached hydrogen (secondary N) is 1. The summed E-state index contributed by atoms with van der Waals surface area (Å²) in [5.41, 5.74) is 2.48. The lowest BCUT2D eigenvalue weighted by Gasteiger charge is -2.34. The Kier molecular flexibility index (Phi) is 7.67. The Morgan fingerprint density at radius 2 is 1.92 bits per heavy atom. The fourth-order valence-electron chi connectivity index (χ4n) is 4.96. The van der Waals surface area contributed by atoms with Gasteiger partial charge in [0.15, 0.2) is 5.90 Å². The molecule has 0 bridgehead atoms. The van der Waals surface area contributed by atoms with E-state index in [1.807, 2.05) is 34.6 Å². The Morgan fingerprint density at radius 1 is 1.26 bits per heavy atom. The van der Waals surface area contributed by atoms with Crippen LogP contribution in [0, 0.1) is 5.92 Å². The third kappa shape index (κ3) is 5.91. The highest BCUT2D eigenvalue weighted by atomic mass is 19.3. The van der Waals surface area contributed by atoms with Gasteiger partial charge in [-0.1, -0.05) is 6.92 Å². The van der Waals surface area contributed by atoms with E-state index in [2.05, 4.69) is 15.1 Å². The zero-order valence-corrected chi connectivity index (χ0v) is 22.9. The van der Waals surface area contributed by atoms with Gasteiger partial charge in [0.05, 0.1) is 30.3 Å². The molecule has 2 aromatic heterocycles. The van der Waals surface area contributed by atoms with E-state index in [1.54, 1.807) is 21.7 Å². The number of rotatable bonds is 5. The molecule has 0 unspecified atom stereocenters. The fourth-order valence-corrected chi connectivity index (χ4v) is 4.96. The second kappa shape index (κ2) is 10.5. The van der Waals surface area contributed by atoms with Crippen molar-refractivity contribution >= 4 is 23.3 Å². The van der Waals surface area contributed by atoms with Crippen LogP contribution in [0.25, 0.3) is 11.3 Å². The summed E-state index contributed by atoms with van der Waals surface area (Å²) in [5.74, 6) is -2.88. The van der Waals surface area contributed by atoms with Crippen LogP contribution in [0.4, 0.5) is 13.6 Å². The first kappa shape index (κ1) is 27.8. The maximum Gasteiger partial charge on any atom is 0.410 e. The molecule has 0 radical (unpaired) electrons. The van der Waals surface area contributed by atoms with Crippen molar-refractivity contribution in [2.45, 2.75) is 84.2 Å². The molecule has 2 aromatic rings. The third-order valence-electron chi connectivity index (χ3n) is 7.16. The predicted octanol–water partition coefficient (Wildman–Crippen LogP) is 5.37. The number of methoxy groups -OCH3 is 1. The van der Waals surface area contributed by atoms with Crippen molar-refractivity contribution in [3.8, 4) is 0 Å². The molecule has 1 aliphatic heterocycles. The Labute approximate surface area is 220 Å². The van der Waals surface area contributed by atoms with Crippen molar-refractivity contribution in [1.29, 1.82) is 0 Å². The zero-order valence-electron chi connectivity index (χ0n) is 22.9. The molecular formula is C27H37F2N5O4. The summed E-state index contributed by atoms with van der Waals surface area (Å²) in [4.78, 5) is 34.5. The summed E-state index contributed by atoms with van der Waals surface area (Å²) in [5, 5.41) is 4.59. The Morgan fingerprint density at radius 3 is 2.47 bits per heavy atom. The minimum Gasteiger partial charge on any atom is -0.484 e. The van der Waals surface area contributed by atoms with Crippen molar-refractivity contribution < 1.29 is 23.0 Å². The van der Waals surface area contributed by atoms with Gasteiger partial charge in [0.25, 0.3) is 5.56 Å². The number of amides is 1. The summed E-state index contributed by atoms with van der Waals surface area (Å²) in [6.45, 7) is 10.4. The number of hydrogen-bond acceptors (Lipinski definition) is 6. The van der Waals surface area contributed by atoms with Crippen LogP contribution < -0.4 is 5.56 Å². The Hall–Kier alpha value is -3.24. The van der Waals surface area contributed by atoms with E-state index in [1.165, 1.54) is 7.11 Å². The molecule has 9 nitrogen and oxygen atoms in total. The molecule has 0 atom stereocenters. The van der Waals surface area contributed by atoms with Crippen LogP contribution in [0.15, 0.2) is 27.6 Å². The van der Waals surface area contributed by atoms with E-state index in [9.17, 15) is 18.4 Å². The van der Waals surface area contributed by atoms with Gasteiger partial charge in [0.2, 0.25) is 5.92 Å². The van der Waals surface area contributed by atoms with Gasteiger partial charge in [-0.2, -0.15) is 5.10 Å². The quantitative estimate of drug-likeness (QED) is 0.411. The van der Waals surface area contributed by atoms with Crippen LogP contribution in [-0.2, 0) is 9.47 Å². The lowest BCUT2D eigenvalue weighted by atomic mass is 9.81. The van der Waals surface area contributed by atoms with E-state index in [-0.39, 0.29) is 36.3 Å². The van der Waals surface area contributed by atoms with Crippen LogP contribution in [-0.4, -0.2) is 63.2 Å². The number of allylic oxidation sites excluding steroid dienone is 1. The average Bonchev–Trinajstić information content (AvgIpc) is 3.25. The number of alkyl halides is 2. The van der Waals surface area contributed by atoms with Crippen molar-refractivity contribution in [3.05, 3.63) is 39.4 Å². The molecule has 1 aliphatic carbocycles. The number of fused-ring (bicyclic) bond motifs is 1. The van der Waals surface area contributed by atoms with Gasteiger partial charge in [-0.05, 0) is 52.5 Å². The topological polar surface area (TPSA) is 101 Å². The number of aliphatic imine (C=N–C) groups is 1. The molecule has 1 saturated heterocycles. The first-order valence-electron chi connectivity index (χ1n) is 13.1. The largest absolute Gasteiger partial charge is 0.484 e. The van der Waals surface area contributed by atoms with Crippen molar-refractivity contribution in [2.24, 2.45) is 10.9 Å². The Balaban J connectivity index is 1.64. The SMILES string of the molecule is CC/C(C)=C(/N=C(OC)C1CC(F)(F)C1)c1cnn2c(C3CCN(C(=O)OC(C)(C)C)CC3)cc(=O)[nH]c12. The van der Waals surface area contributed by atoms with Gasteiger partial charge in [-0.15, -0.1) is 0 Å². The summed E-state index contributed by atoms with van der Waals surface area (Å²) >= 11 is 0. The number of aromatic nitrogens is 3. The highest BCUT2D eigenvalue weighted by Gasteiger charge is 2.48. The maximum atomic E-state index is 13.5. The van der Waals surface area contributed by atoms with E-state index in [0.717, 1.165) is 11.3 Å². The first-order chi connectivity index (χ1) is 17.8. The third-order valence-corrected chi connectivity index (χ3v) is 7.16. The molecule has 1 amide bonds. The number of ether oxygens (including phenoxy) is 2. The summed E-state index contributed by atoms with van der Waals surface area (Å²) in [6.07, 6.45) is 2.70. The number of aromatic amines is 1. The average molecular weight is 534 g/mol. The lowest BCUT2D eigenvalue weighted by molar-refractivity contribution is -0.0949. The smallest absolute Gasteiger partial charge is 0.410 e. The normalized spacial score (nSPS) is 19.8. The van der Waals surface area contributed by atoms with Gasteiger partial charge in [0, 0.05) is 43.8 Å². The molecule has 4 rings (SSSR count). The van der Waals surface area contributed by atoms with Gasteiger partial charge in [0.1, 0.15) is 11.2 Å². The number of carbonyl (C=O) groups excluding carboxylic acids is 1. The molecule has 1 saturated carbocycles. The van der Waals surface area contributed by atoms with Crippen LogP contribution >= 0.6 is 0 Å². The predicted molar refractivity (Wildman–Crippen MR) is 141 cm³/mol. The van der Waals surface area contributed by atoms with E-state index in [4.69, 9.17) is 9.47 Å². The van der Waals surface area contributed by atoms with Gasteiger partial charge < -0.3 is 19.4 Å². The van der Waals surface area contributed by atoms with Crippen molar-refractivity contribution in [1.82, 2.24) is 19.5 Å². The van der Waals surface area contributed by atoms with Crippen LogP contribution in [0.2, 0.25) is 0 Å². The van der Waals surface area contributed by atoms with E-state index >= 15 is 0 Å². The van der Waals surface area contributed by atoms with Gasteiger partial charge >= 0.3 is 6.09 Å². The summed E-state index contributed by atoms with van der Waals surface area (Å²) < 4.78 is 39.7. The molecule has 2 aliphatic rings. The second-order valence-corrected chi connectivity index (χ2v) is 11.2. The standard InChI is InChI=1S/C27H37F2N5O4/c1-7-16(2)22(32-24(37-6)18-13-27(28,29)14-18)19-15-30-34-20(12-21(35)31-23(19)34)17-8-10-33(11-9-17)25(36)38-26(3,4)5/h12,15,17-18H,7-11,13-14H2,1-6H3,(H,31,35)/b22-16+,32-24?. The molecule has 2 fully saturated rings. The van der Waals surface area contributed by atoms with E-state index < -0.39 is 17.4 Å². The number of halogens is 2. The number of carbonyl (C=O) groups is 1. The molecule has 38 heavy (non-hydrogen) atoms. The molecule has 3 heterocycles. The second-order valence-electron chi connectivity index (χ2n) is 11.2. The minimum atomic E-state index is -2.70. The van der Waals surface area contributed by atoms with Crippen LogP contribution in [0.1, 0.15) is 83.9 Å². The van der Waals surface area contributed by atoms with Gasteiger partial charge in [-0.25, -0.2) is 23.1 Å². The van der Waals surface area contributed by atoms with E-state index in [0.29, 0.717) is 49.3 Å². The number of nitrogens with zero attached hydrogens (tertiary/aromatic N) is 4. The lowest BCUT2D eigenvalue weighted by Crippen LogP contribution is -2.41. The number of hydrogen-bond donors (Lipinski definition) is 1. The molecule has 0 spiro atoms. The monoisotopic (exact) mass is 533 g/mol. The number of H-pyrrole nitrogens is 1. The highest BCUT2D eigenvalue weighted by molar-refractivity contribution is 5.89. The maximum absolute atomic E-state index is 13.5. The summed E-state index contributed by atoms with van der Waals surface area (Å²) in [6, 6.07) is 1.55. The van der Waals surface area contributed by atoms with Crippen LogP contribution in [0.5, 0.6) is 0 Å². The highest BCUT2D eigenvalue weighted by Crippen LogP contribution is 2.44. The van der Waals surface area contributed by atoms with Crippen molar-refractivity contribution in [2.75, 3.05) is 20.2 Å². The number of piperidine rings is 1. The number of likely N-dealkylation sites (tertiary alicyclic amines) is 1. The van der Waals surface area contributed by atoms with Crippen molar-refractivity contribution in [3.63, 3.8) is 0 Å². The summed E-state index contributed by atoms with van der Waals surface area (Å²) in [7, 11) is 1.44.